The molecule has 210 valence electrons. The number of benzene rings is 2. The van der Waals surface area contributed by atoms with E-state index in [-0.39, 0.29) is 41.8 Å². The lowest BCUT2D eigenvalue weighted by Crippen LogP contribution is -2.11. The first-order valence-electron chi connectivity index (χ1n) is 13.0. The van der Waals surface area contributed by atoms with Gasteiger partial charge in [-0.2, -0.15) is 18.3 Å². The minimum absolute atomic E-state index is 0.0895. The van der Waals surface area contributed by atoms with E-state index in [0.29, 0.717) is 35.1 Å². The molecule has 41 heavy (non-hydrogen) atoms. The topological polar surface area (TPSA) is 77.8 Å². The number of para-hydroxylation sites is 1. The van der Waals surface area contributed by atoms with Gasteiger partial charge >= 0.3 is 6.18 Å². The Morgan fingerprint density at radius 2 is 1.80 bits per heavy atom. The van der Waals surface area contributed by atoms with Crippen LogP contribution < -0.4 is 10.1 Å². The molecule has 12 heteroatoms. The highest BCUT2D eigenvalue weighted by Gasteiger charge is 2.34. The van der Waals surface area contributed by atoms with Gasteiger partial charge in [-0.15, -0.1) is 0 Å². The molecule has 0 radical (unpaired) electrons. The first-order valence-corrected chi connectivity index (χ1v) is 13.0. The zero-order valence-corrected chi connectivity index (χ0v) is 21.8. The number of rotatable bonds is 7. The predicted octanol–water partition coefficient (Wildman–Crippen LogP) is 6.86. The number of hydrogen-bond donors (Lipinski definition) is 1. The number of ether oxygens (including phenoxy) is 1. The second kappa shape index (κ2) is 10.4. The Kier molecular flexibility index (Phi) is 6.76. The monoisotopic (exact) mass is 566 g/mol. The lowest BCUT2D eigenvalue weighted by Gasteiger charge is -2.16. The second-order valence-electron chi connectivity index (χ2n) is 9.54. The van der Waals surface area contributed by atoms with Crippen molar-refractivity contribution in [1.82, 2.24) is 24.7 Å². The number of nitrogens with zero attached hydrogens (tertiary/aromatic N) is 5. The Balaban J connectivity index is 1.44. The Bertz CT molecular complexity index is 1740. The maximum Gasteiger partial charge on any atom is 0.419 e. The summed E-state index contributed by atoms with van der Waals surface area (Å²) < 4.78 is 77.5. The van der Waals surface area contributed by atoms with Crippen LogP contribution in [0.1, 0.15) is 35.7 Å². The lowest BCUT2D eigenvalue weighted by atomic mass is 10.1. The zero-order chi connectivity index (χ0) is 28.7. The van der Waals surface area contributed by atoms with Crippen molar-refractivity contribution in [3.05, 3.63) is 88.9 Å². The molecule has 7 nitrogen and oxygen atoms in total. The molecule has 3 heterocycles. The fourth-order valence-corrected chi connectivity index (χ4v) is 5.04. The van der Waals surface area contributed by atoms with E-state index < -0.39 is 23.4 Å². The van der Waals surface area contributed by atoms with Crippen LogP contribution in [-0.4, -0.2) is 31.3 Å². The normalized spacial score (nSPS) is 13.0. The van der Waals surface area contributed by atoms with Crippen molar-refractivity contribution in [3.63, 3.8) is 0 Å². The summed E-state index contributed by atoms with van der Waals surface area (Å²) in [6.45, 7) is 1.77. The molecule has 0 saturated heterocycles. The van der Waals surface area contributed by atoms with Crippen molar-refractivity contribution < 1.29 is 26.7 Å². The van der Waals surface area contributed by atoms with Crippen molar-refractivity contribution in [2.75, 3.05) is 11.9 Å². The van der Waals surface area contributed by atoms with Crippen LogP contribution in [0.3, 0.4) is 0 Å². The van der Waals surface area contributed by atoms with Gasteiger partial charge in [-0.05, 0) is 38.3 Å². The van der Waals surface area contributed by atoms with E-state index in [9.17, 15) is 22.0 Å². The summed E-state index contributed by atoms with van der Waals surface area (Å²) in [6, 6.07) is 10.6. The first-order chi connectivity index (χ1) is 19.7. The number of anilines is 2. The molecule has 1 aliphatic carbocycles. The largest absolute Gasteiger partial charge is 0.494 e. The lowest BCUT2D eigenvalue weighted by molar-refractivity contribution is -0.137. The number of nitrogens with one attached hydrogen (secondary N) is 1. The minimum atomic E-state index is -4.62. The van der Waals surface area contributed by atoms with E-state index in [0.717, 1.165) is 30.3 Å². The van der Waals surface area contributed by atoms with Gasteiger partial charge in [-0.1, -0.05) is 18.2 Å². The number of hydrogen-bond acceptors (Lipinski definition) is 6. The van der Waals surface area contributed by atoms with E-state index in [4.69, 9.17) is 9.72 Å². The Hall–Kier alpha value is -4.61. The number of alkyl halides is 3. The maximum atomic E-state index is 14.9. The van der Waals surface area contributed by atoms with Gasteiger partial charge in [0, 0.05) is 46.7 Å². The standard InChI is InChI=1S/C29H23F5N6O/c1-2-41-16-12-21(30)19(22(31)13-16)15-40-25-9-4-3-6-18(25)26(39-40)28-36-23-8-5-7-17(23)27(38-28)37-24-10-11-35-14-20(24)29(32,33)34/h3-4,6,9-14H,2,5,7-8,15H2,1H3,(H,35,36,37,38). The van der Waals surface area contributed by atoms with Crippen molar-refractivity contribution in [2.45, 2.75) is 38.9 Å². The van der Waals surface area contributed by atoms with Gasteiger partial charge in [0.25, 0.3) is 0 Å². The molecular formula is C29H23F5N6O. The molecule has 0 amide bonds. The van der Waals surface area contributed by atoms with Gasteiger partial charge in [0.1, 0.15) is 28.9 Å². The van der Waals surface area contributed by atoms with E-state index in [1.807, 2.05) is 0 Å². The van der Waals surface area contributed by atoms with Crippen LogP contribution in [0.4, 0.5) is 33.5 Å². The van der Waals surface area contributed by atoms with Gasteiger partial charge in [0.2, 0.25) is 0 Å². The van der Waals surface area contributed by atoms with Crippen LogP contribution in [-0.2, 0) is 25.6 Å². The van der Waals surface area contributed by atoms with Crippen LogP contribution in [0.15, 0.2) is 54.9 Å². The van der Waals surface area contributed by atoms with Gasteiger partial charge in [-0.3, -0.25) is 9.67 Å². The number of pyridine rings is 1. The fraction of sp³-hybridized carbons (Fsp3) is 0.241. The minimum Gasteiger partial charge on any atom is -0.494 e. The maximum absolute atomic E-state index is 14.9. The SMILES string of the molecule is CCOc1cc(F)c(Cn2nc(-c3nc4c(c(Nc5ccncc5C(F)(F)F)n3)CCC4)c3ccccc32)c(F)c1. The molecular weight excluding hydrogens is 543 g/mol. The summed E-state index contributed by atoms with van der Waals surface area (Å²) in [4.78, 5) is 13.0. The van der Waals surface area contributed by atoms with Crippen molar-refractivity contribution in [2.24, 2.45) is 0 Å². The van der Waals surface area contributed by atoms with Crippen LogP contribution in [0.25, 0.3) is 22.4 Å². The zero-order valence-electron chi connectivity index (χ0n) is 21.8. The summed E-state index contributed by atoms with van der Waals surface area (Å²) in [6.07, 6.45) is -0.571. The molecule has 0 unspecified atom stereocenters. The second-order valence-corrected chi connectivity index (χ2v) is 9.54. The Morgan fingerprint density at radius 3 is 2.56 bits per heavy atom. The highest BCUT2D eigenvalue weighted by Crippen LogP contribution is 2.38. The highest BCUT2D eigenvalue weighted by atomic mass is 19.4. The van der Waals surface area contributed by atoms with Gasteiger partial charge in [-0.25, -0.2) is 18.7 Å². The average molecular weight is 567 g/mol. The van der Waals surface area contributed by atoms with Crippen LogP contribution in [0, 0.1) is 11.6 Å². The molecule has 0 atom stereocenters. The van der Waals surface area contributed by atoms with E-state index in [2.05, 4.69) is 20.4 Å². The van der Waals surface area contributed by atoms with E-state index >= 15 is 0 Å². The molecule has 2 aromatic carbocycles. The Labute approximate surface area is 231 Å². The molecule has 3 aromatic heterocycles. The molecule has 6 rings (SSSR count). The van der Waals surface area contributed by atoms with Crippen molar-refractivity contribution in [3.8, 4) is 17.3 Å². The molecule has 5 aromatic rings. The third kappa shape index (κ3) is 5.05. The van der Waals surface area contributed by atoms with E-state index in [1.54, 1.807) is 31.2 Å². The van der Waals surface area contributed by atoms with Crippen molar-refractivity contribution in [1.29, 1.82) is 0 Å². The number of fused-ring (bicyclic) bond motifs is 2. The fourth-order valence-electron chi connectivity index (χ4n) is 5.04. The molecule has 0 spiro atoms. The number of halogens is 5. The summed E-state index contributed by atoms with van der Waals surface area (Å²) in [5, 5.41) is 8.12. The van der Waals surface area contributed by atoms with Gasteiger partial charge in [0.15, 0.2) is 5.82 Å². The molecule has 0 saturated carbocycles. The summed E-state index contributed by atoms with van der Waals surface area (Å²) in [5.74, 6) is -1.01. The number of aromatic nitrogens is 5. The third-order valence-electron chi connectivity index (χ3n) is 6.92. The Morgan fingerprint density at radius 1 is 1.02 bits per heavy atom. The van der Waals surface area contributed by atoms with Gasteiger partial charge in [0.05, 0.1) is 29.9 Å². The molecule has 1 N–H and O–H groups in total. The first kappa shape index (κ1) is 26.6. The van der Waals surface area contributed by atoms with Crippen LogP contribution >= 0.6 is 0 Å². The summed E-state index contributed by atoms with van der Waals surface area (Å²) in [7, 11) is 0. The molecule has 0 bridgehead atoms. The third-order valence-corrected chi connectivity index (χ3v) is 6.92. The van der Waals surface area contributed by atoms with Crippen LogP contribution in [0.2, 0.25) is 0 Å². The molecule has 1 aliphatic rings. The smallest absolute Gasteiger partial charge is 0.419 e. The summed E-state index contributed by atoms with van der Waals surface area (Å²) >= 11 is 0. The van der Waals surface area contributed by atoms with Crippen LogP contribution in [0.5, 0.6) is 5.75 Å². The predicted molar refractivity (Wildman–Crippen MR) is 142 cm³/mol. The number of aryl methyl sites for hydroxylation is 1. The quantitative estimate of drug-likeness (QED) is 0.217. The van der Waals surface area contributed by atoms with Gasteiger partial charge < -0.3 is 10.1 Å². The summed E-state index contributed by atoms with van der Waals surface area (Å²) in [5.41, 5.74) is 1.09. The molecule has 0 fully saturated rings. The van der Waals surface area contributed by atoms with E-state index in [1.165, 1.54) is 16.9 Å². The molecule has 0 aliphatic heterocycles. The van der Waals surface area contributed by atoms with Crippen molar-refractivity contribution >= 4 is 22.4 Å². The average Bonchev–Trinajstić information content (AvgIpc) is 3.56. The highest BCUT2D eigenvalue weighted by molar-refractivity contribution is 5.92.